The first-order chi connectivity index (χ1) is 33.4. The number of unbranched alkanes of at least 4 members (excludes halogenated alkanes) is 2. The van der Waals surface area contributed by atoms with Crippen molar-refractivity contribution in [3.05, 3.63) is 94.6 Å². The number of hydrogen-bond donors (Lipinski definition) is 9. The second kappa shape index (κ2) is 28.5. The molecule has 0 radical (unpaired) electrons. The predicted molar refractivity (Wildman–Crippen MR) is 258 cm³/mol. The van der Waals surface area contributed by atoms with E-state index >= 15 is 0 Å². The quantitative estimate of drug-likeness (QED) is 0.0308. The van der Waals surface area contributed by atoms with E-state index in [2.05, 4.69) is 42.2 Å². The Balaban J connectivity index is 1.36. The molecule has 0 aromatic heterocycles. The lowest BCUT2D eigenvalue weighted by Crippen LogP contribution is -2.50. The fourth-order valence-electron chi connectivity index (χ4n) is 7.27. The molecule has 1 heterocycles. The molecule has 0 fully saturated rings. The molecule has 0 saturated carbocycles. The third-order valence-corrected chi connectivity index (χ3v) is 10.8. The van der Waals surface area contributed by atoms with Gasteiger partial charge in [-0.3, -0.25) is 24.1 Å². The molecular weight excluding hydrogens is 911 g/mol. The van der Waals surface area contributed by atoms with E-state index in [1.165, 1.54) is 0 Å². The summed E-state index contributed by atoms with van der Waals surface area (Å²) < 4.78 is 40.4. The van der Waals surface area contributed by atoms with Crippen LogP contribution < -0.4 is 47.7 Å². The van der Waals surface area contributed by atoms with Gasteiger partial charge in [0.05, 0.1) is 6.61 Å². The summed E-state index contributed by atoms with van der Waals surface area (Å²) in [4.78, 5) is 81.7. The Morgan fingerprint density at radius 1 is 0.757 bits per heavy atom. The molecule has 1 aliphatic rings. The smallest absolute Gasteiger partial charge is 0.407 e. The monoisotopic (exact) mass is 979 g/mol. The summed E-state index contributed by atoms with van der Waals surface area (Å²) in [5.74, 6) is -3.90. The minimum atomic E-state index is -1.21. The molecule has 7 amide bonds. The molecule has 21 heteroatoms. The van der Waals surface area contributed by atoms with Crippen molar-refractivity contribution in [3.8, 4) is 11.5 Å². The highest BCUT2D eigenvalue weighted by molar-refractivity contribution is 5.92. The van der Waals surface area contributed by atoms with E-state index in [0.717, 1.165) is 36.1 Å². The van der Waals surface area contributed by atoms with Crippen molar-refractivity contribution >= 4 is 41.7 Å². The zero-order chi connectivity index (χ0) is 51.1. The average Bonchev–Trinajstić information content (AvgIpc) is 3.73. The third kappa shape index (κ3) is 19.9. The summed E-state index contributed by atoms with van der Waals surface area (Å²) in [5.41, 5.74) is 7.53. The van der Waals surface area contributed by atoms with Crippen LogP contribution in [0.5, 0.6) is 11.5 Å². The van der Waals surface area contributed by atoms with Gasteiger partial charge in [0.15, 0.2) is 5.96 Å². The Hall–Kier alpha value is -7.03. The van der Waals surface area contributed by atoms with Gasteiger partial charge in [0.2, 0.25) is 23.6 Å². The van der Waals surface area contributed by atoms with Gasteiger partial charge in [-0.2, -0.15) is 4.99 Å². The number of rotatable bonds is 26. The summed E-state index contributed by atoms with van der Waals surface area (Å²) in [6.45, 7) is 9.04. The molecule has 2 atom stereocenters. The van der Waals surface area contributed by atoms with E-state index in [-0.39, 0.29) is 50.2 Å². The van der Waals surface area contributed by atoms with Crippen molar-refractivity contribution < 1.29 is 52.1 Å². The first-order valence-electron chi connectivity index (χ1n) is 23.6. The normalized spacial score (nSPS) is 13.3. The number of aliphatic imine (C=N–C) groups is 1. The maximum Gasteiger partial charge on any atom is 0.407 e. The van der Waals surface area contributed by atoms with Crippen molar-refractivity contribution in [3.63, 3.8) is 0 Å². The minimum absolute atomic E-state index is 0.0248. The fraction of sp³-hybridized carbons (Fsp3) is 0.490. The van der Waals surface area contributed by atoms with Gasteiger partial charge in [-0.15, -0.1) is 0 Å². The van der Waals surface area contributed by atoms with Gasteiger partial charge in [0.1, 0.15) is 40.8 Å². The van der Waals surface area contributed by atoms with E-state index in [1.54, 1.807) is 52.0 Å². The number of hydrogen-bond acceptors (Lipinski definition) is 10. The van der Waals surface area contributed by atoms with Crippen molar-refractivity contribution in [1.29, 1.82) is 0 Å². The Morgan fingerprint density at radius 2 is 1.39 bits per heavy atom. The third-order valence-electron chi connectivity index (χ3n) is 10.8. The molecule has 70 heavy (non-hydrogen) atoms. The number of amides is 7. The second-order valence-corrected chi connectivity index (χ2v) is 17.6. The summed E-state index contributed by atoms with van der Waals surface area (Å²) >= 11 is 0. The van der Waals surface area contributed by atoms with E-state index in [4.69, 9.17) is 15.2 Å². The highest BCUT2D eigenvalue weighted by Crippen LogP contribution is 2.33. The Bertz CT molecular complexity index is 2210. The number of ether oxygens (including phenoxy) is 2. The van der Waals surface area contributed by atoms with Crippen LogP contribution >= 0.6 is 0 Å². The van der Waals surface area contributed by atoms with Crippen LogP contribution in [0.2, 0.25) is 0 Å². The second-order valence-electron chi connectivity index (χ2n) is 17.6. The number of carbonyl (C=O) groups is 6. The van der Waals surface area contributed by atoms with Crippen LogP contribution in [-0.2, 0) is 43.5 Å². The molecular formula is C49H68F2N10O9. The number of alkyl carbamates (subject to hydrolysis) is 1. The molecule has 0 aliphatic carbocycles. The van der Waals surface area contributed by atoms with E-state index in [1.807, 2.05) is 29.2 Å². The molecule has 0 unspecified atom stereocenters. The number of benzene rings is 3. The van der Waals surface area contributed by atoms with Crippen LogP contribution in [-0.4, -0.2) is 103 Å². The molecule has 0 bridgehead atoms. The SMILES string of the molecule is CCC(=O)NCCNC(=O)/N=C(/N)NCCC[C@@H](NC(=O)[C@H](c1ccc(OCCCNC(=O)CCCCCNC(=O)OC(C)(C)C)cc1)N1Cc2ccccc2C1)C(=O)NCc1c(F)cc(O)cc1F. The van der Waals surface area contributed by atoms with Crippen LogP contribution in [0.1, 0.15) is 107 Å². The van der Waals surface area contributed by atoms with Gasteiger partial charge in [-0.1, -0.05) is 49.7 Å². The maximum atomic E-state index is 14.6. The number of phenols is 1. The van der Waals surface area contributed by atoms with Gasteiger partial charge < -0.3 is 57.5 Å². The molecule has 3 aromatic rings. The number of halogens is 2. The number of nitrogens with zero attached hydrogens (tertiary/aromatic N) is 2. The van der Waals surface area contributed by atoms with Crippen LogP contribution in [0.15, 0.2) is 65.7 Å². The summed E-state index contributed by atoms with van der Waals surface area (Å²) in [6, 6.07) is 13.4. The summed E-state index contributed by atoms with van der Waals surface area (Å²) in [7, 11) is 0. The van der Waals surface area contributed by atoms with Gasteiger partial charge in [-0.05, 0) is 81.7 Å². The van der Waals surface area contributed by atoms with Gasteiger partial charge in [0.25, 0.3) is 0 Å². The van der Waals surface area contributed by atoms with Crippen LogP contribution in [0.3, 0.4) is 0 Å². The van der Waals surface area contributed by atoms with E-state index < -0.39 is 71.1 Å². The topological polar surface area (TPSA) is 267 Å². The number of fused-ring (bicyclic) bond motifs is 1. The largest absolute Gasteiger partial charge is 0.508 e. The zero-order valence-electron chi connectivity index (χ0n) is 40.4. The standard InChI is InChI=1S/C49H68F2N10O9/c1-5-41(63)54-24-25-56-47(67)60-46(52)55-22-11-15-40(44(65)58-29-37-38(50)27-35(62)28-39(37)51)59-45(66)43(61-30-33-13-8-9-14-34(33)31-61)32-17-19-36(20-18-32)69-26-12-23-53-42(64)16-7-6-10-21-57-48(68)70-49(2,3)4/h8-9,13-14,17-20,27-28,40,43,62H,5-7,10-12,15-16,21-26,29-31H2,1-4H3,(H,53,64)(H,54,63)(H,57,68)(H,58,65)(H,59,66)(H4,52,55,56,60,67)/t40-,43+/m1/s1. The molecule has 3 aromatic carbocycles. The van der Waals surface area contributed by atoms with Crippen LogP contribution in [0.4, 0.5) is 18.4 Å². The van der Waals surface area contributed by atoms with Gasteiger partial charge in [-0.25, -0.2) is 18.4 Å². The van der Waals surface area contributed by atoms with Crippen molar-refractivity contribution in [1.82, 2.24) is 42.1 Å². The molecule has 1 aliphatic heterocycles. The van der Waals surface area contributed by atoms with E-state index in [9.17, 15) is 42.7 Å². The van der Waals surface area contributed by atoms with Crippen LogP contribution in [0.25, 0.3) is 0 Å². The van der Waals surface area contributed by atoms with Crippen molar-refractivity contribution in [2.45, 2.75) is 116 Å². The lowest BCUT2D eigenvalue weighted by molar-refractivity contribution is -0.132. The van der Waals surface area contributed by atoms with Gasteiger partial charge >= 0.3 is 12.1 Å². The minimum Gasteiger partial charge on any atom is -0.508 e. The first kappa shape index (κ1) is 55.6. The van der Waals surface area contributed by atoms with Crippen molar-refractivity contribution in [2.24, 2.45) is 10.7 Å². The lowest BCUT2D eigenvalue weighted by Gasteiger charge is -2.29. The maximum absolute atomic E-state index is 14.6. The average molecular weight is 979 g/mol. The number of guanidine groups is 1. The number of carbonyl (C=O) groups excluding carboxylic acids is 6. The molecule has 4 rings (SSSR count). The molecule has 0 saturated heterocycles. The molecule has 0 spiro atoms. The first-order valence-corrected chi connectivity index (χ1v) is 23.6. The summed E-state index contributed by atoms with van der Waals surface area (Å²) in [6.07, 6.45) is 3.18. The predicted octanol–water partition coefficient (Wildman–Crippen LogP) is 4.42. The number of urea groups is 1. The summed E-state index contributed by atoms with van der Waals surface area (Å²) in [5, 5.41) is 28.5. The molecule has 10 N–H and O–H groups in total. The van der Waals surface area contributed by atoms with E-state index in [0.29, 0.717) is 69.8 Å². The highest BCUT2D eigenvalue weighted by atomic mass is 19.1. The highest BCUT2D eigenvalue weighted by Gasteiger charge is 2.34. The van der Waals surface area contributed by atoms with Crippen molar-refractivity contribution in [2.75, 3.05) is 39.3 Å². The zero-order valence-corrected chi connectivity index (χ0v) is 40.4. The Labute approximate surface area is 407 Å². The Morgan fingerprint density at radius 3 is 2.04 bits per heavy atom. The molecule has 382 valence electrons. The fourth-order valence-corrected chi connectivity index (χ4v) is 7.27. The number of nitrogens with one attached hydrogen (secondary N) is 7. The number of nitrogens with two attached hydrogens (primary N) is 1. The number of aromatic hydroxyl groups is 1. The number of phenolic OH excluding ortho intramolecular Hbond substituents is 1. The lowest BCUT2D eigenvalue weighted by atomic mass is 10.0. The van der Waals surface area contributed by atoms with Gasteiger partial charge in [0, 0.05) is 82.9 Å². The molecule has 19 nitrogen and oxygen atoms in total. The Kier molecular flexibility index (Phi) is 22.6. The van der Waals surface area contributed by atoms with Crippen LogP contribution in [0, 0.1) is 11.6 Å².